The lowest BCUT2D eigenvalue weighted by molar-refractivity contribution is 0.0937. The van der Waals surface area contributed by atoms with Crippen molar-refractivity contribution in [3.05, 3.63) is 53.9 Å². The maximum atomic E-state index is 12.4. The summed E-state index contributed by atoms with van der Waals surface area (Å²) in [6.45, 7) is 1.92. The van der Waals surface area contributed by atoms with Crippen LogP contribution in [0.4, 0.5) is 0 Å². The third-order valence-electron chi connectivity index (χ3n) is 3.21. The van der Waals surface area contributed by atoms with Crippen molar-refractivity contribution in [3.8, 4) is 11.5 Å². The van der Waals surface area contributed by atoms with E-state index in [1.807, 2.05) is 19.1 Å². The zero-order chi connectivity index (χ0) is 15.2. The van der Waals surface area contributed by atoms with Crippen LogP contribution < -0.4 is 14.8 Å². The highest BCUT2D eigenvalue weighted by atomic mass is 16.5. The summed E-state index contributed by atoms with van der Waals surface area (Å²) in [6.07, 6.45) is 3.40. The largest absolute Gasteiger partial charge is 0.497 e. The second kappa shape index (κ2) is 6.74. The molecule has 0 aliphatic heterocycles. The quantitative estimate of drug-likeness (QED) is 0.917. The molecule has 1 atom stereocenters. The number of nitrogens with zero attached hydrogens (tertiary/aromatic N) is 1. The van der Waals surface area contributed by atoms with Crippen LogP contribution in [-0.2, 0) is 0 Å². The van der Waals surface area contributed by atoms with Gasteiger partial charge in [-0.3, -0.25) is 9.78 Å². The topological polar surface area (TPSA) is 60.5 Å². The van der Waals surface area contributed by atoms with E-state index in [2.05, 4.69) is 10.3 Å². The van der Waals surface area contributed by atoms with Gasteiger partial charge in [-0.15, -0.1) is 0 Å². The Morgan fingerprint density at radius 1 is 1.14 bits per heavy atom. The van der Waals surface area contributed by atoms with E-state index in [1.54, 1.807) is 37.7 Å². The fourth-order valence-electron chi connectivity index (χ4n) is 2.00. The number of hydrogen-bond donors (Lipinski definition) is 1. The first-order chi connectivity index (χ1) is 10.2. The third-order valence-corrected chi connectivity index (χ3v) is 3.21. The van der Waals surface area contributed by atoms with E-state index in [9.17, 15) is 4.79 Å². The number of rotatable bonds is 5. The van der Waals surface area contributed by atoms with Crippen molar-refractivity contribution in [1.29, 1.82) is 0 Å². The molecular weight excluding hydrogens is 268 g/mol. The number of pyridine rings is 1. The van der Waals surface area contributed by atoms with E-state index in [4.69, 9.17) is 9.47 Å². The molecule has 1 aromatic heterocycles. The predicted molar refractivity (Wildman–Crippen MR) is 79.7 cm³/mol. The van der Waals surface area contributed by atoms with Gasteiger partial charge >= 0.3 is 0 Å². The second-order valence-corrected chi connectivity index (χ2v) is 4.54. The van der Waals surface area contributed by atoms with Gasteiger partial charge in [-0.25, -0.2) is 0 Å². The highest BCUT2D eigenvalue weighted by Gasteiger charge is 2.16. The van der Waals surface area contributed by atoms with Crippen LogP contribution in [0.2, 0.25) is 0 Å². The van der Waals surface area contributed by atoms with E-state index in [1.165, 1.54) is 7.11 Å². The van der Waals surface area contributed by atoms with Gasteiger partial charge in [0.1, 0.15) is 11.5 Å². The van der Waals surface area contributed by atoms with Gasteiger partial charge in [0.05, 0.1) is 25.8 Å². The van der Waals surface area contributed by atoms with Gasteiger partial charge in [-0.1, -0.05) is 0 Å². The average molecular weight is 286 g/mol. The van der Waals surface area contributed by atoms with Crippen LogP contribution in [0.25, 0.3) is 0 Å². The van der Waals surface area contributed by atoms with Crippen LogP contribution in [0.1, 0.15) is 28.9 Å². The van der Waals surface area contributed by atoms with Gasteiger partial charge in [0, 0.05) is 18.5 Å². The smallest absolute Gasteiger partial charge is 0.255 e. The Labute approximate surface area is 123 Å². The van der Waals surface area contributed by atoms with Crippen LogP contribution in [0.3, 0.4) is 0 Å². The van der Waals surface area contributed by atoms with Gasteiger partial charge in [0.25, 0.3) is 5.91 Å². The molecule has 2 aromatic rings. The molecule has 5 nitrogen and oxygen atoms in total. The van der Waals surface area contributed by atoms with Crippen molar-refractivity contribution in [3.63, 3.8) is 0 Å². The zero-order valence-electron chi connectivity index (χ0n) is 12.3. The monoisotopic (exact) mass is 286 g/mol. The number of ether oxygens (including phenoxy) is 2. The van der Waals surface area contributed by atoms with Gasteiger partial charge in [0.2, 0.25) is 0 Å². The molecular formula is C16H18N2O3. The minimum absolute atomic E-state index is 0.118. The van der Waals surface area contributed by atoms with Crippen molar-refractivity contribution >= 4 is 5.91 Å². The van der Waals surface area contributed by atoms with E-state index in [0.29, 0.717) is 17.1 Å². The molecule has 0 bridgehead atoms. The molecule has 1 unspecified atom stereocenters. The van der Waals surface area contributed by atoms with Crippen LogP contribution in [0.15, 0.2) is 42.7 Å². The summed E-state index contributed by atoms with van der Waals surface area (Å²) in [4.78, 5) is 16.3. The summed E-state index contributed by atoms with van der Waals surface area (Å²) in [5.41, 5.74) is 1.46. The highest BCUT2D eigenvalue weighted by molar-refractivity contribution is 5.97. The lowest BCUT2D eigenvalue weighted by atomic mass is 10.1. The molecule has 0 aliphatic rings. The lowest BCUT2D eigenvalue weighted by Crippen LogP contribution is -2.27. The molecule has 1 aromatic carbocycles. The summed E-state index contributed by atoms with van der Waals surface area (Å²) < 4.78 is 10.4. The molecule has 2 rings (SSSR count). The average Bonchev–Trinajstić information content (AvgIpc) is 2.54. The first-order valence-corrected chi connectivity index (χ1v) is 6.58. The molecule has 1 amide bonds. The van der Waals surface area contributed by atoms with Crippen LogP contribution in [0.5, 0.6) is 11.5 Å². The van der Waals surface area contributed by atoms with E-state index < -0.39 is 0 Å². The Bertz CT molecular complexity index is 614. The molecule has 1 heterocycles. The van der Waals surface area contributed by atoms with Gasteiger partial charge < -0.3 is 14.8 Å². The van der Waals surface area contributed by atoms with Crippen molar-refractivity contribution in [2.75, 3.05) is 14.2 Å². The van der Waals surface area contributed by atoms with E-state index in [-0.39, 0.29) is 11.9 Å². The zero-order valence-corrected chi connectivity index (χ0v) is 12.3. The number of amides is 1. The third kappa shape index (κ3) is 3.51. The summed E-state index contributed by atoms with van der Waals surface area (Å²) in [6, 6.07) is 8.73. The number of methoxy groups -OCH3 is 2. The summed E-state index contributed by atoms with van der Waals surface area (Å²) in [5, 5.41) is 2.94. The number of carbonyl (C=O) groups excluding carboxylic acids is 1. The van der Waals surface area contributed by atoms with Gasteiger partial charge in [-0.05, 0) is 36.8 Å². The Hall–Kier alpha value is -2.56. The normalized spacial score (nSPS) is 11.6. The second-order valence-electron chi connectivity index (χ2n) is 4.54. The van der Waals surface area contributed by atoms with Crippen LogP contribution >= 0.6 is 0 Å². The first-order valence-electron chi connectivity index (χ1n) is 6.58. The fourth-order valence-corrected chi connectivity index (χ4v) is 2.00. The molecule has 0 aliphatic carbocycles. The van der Waals surface area contributed by atoms with Crippen LogP contribution in [-0.4, -0.2) is 25.1 Å². The first kappa shape index (κ1) is 14.8. The molecule has 0 saturated carbocycles. The molecule has 1 N–H and O–H groups in total. The minimum atomic E-state index is -0.196. The van der Waals surface area contributed by atoms with Crippen molar-refractivity contribution in [2.45, 2.75) is 13.0 Å². The molecule has 5 heteroatoms. The molecule has 110 valence electrons. The predicted octanol–water partition coefficient (Wildman–Crippen LogP) is 2.59. The van der Waals surface area contributed by atoms with Gasteiger partial charge in [-0.2, -0.15) is 0 Å². The molecule has 0 saturated heterocycles. The van der Waals surface area contributed by atoms with Crippen LogP contribution in [0, 0.1) is 0 Å². The van der Waals surface area contributed by atoms with E-state index >= 15 is 0 Å². The van der Waals surface area contributed by atoms with Crippen molar-refractivity contribution in [1.82, 2.24) is 10.3 Å². The molecule has 0 spiro atoms. The Kier molecular flexibility index (Phi) is 4.77. The minimum Gasteiger partial charge on any atom is -0.497 e. The maximum Gasteiger partial charge on any atom is 0.255 e. The van der Waals surface area contributed by atoms with Crippen molar-refractivity contribution in [2.24, 2.45) is 0 Å². The number of carbonyl (C=O) groups is 1. The Morgan fingerprint density at radius 2 is 1.86 bits per heavy atom. The van der Waals surface area contributed by atoms with Gasteiger partial charge in [0.15, 0.2) is 0 Å². The Morgan fingerprint density at radius 3 is 2.48 bits per heavy atom. The number of benzene rings is 1. The van der Waals surface area contributed by atoms with E-state index in [0.717, 1.165) is 5.56 Å². The summed E-state index contributed by atoms with van der Waals surface area (Å²) in [5.74, 6) is 0.929. The lowest BCUT2D eigenvalue weighted by Gasteiger charge is -2.16. The summed E-state index contributed by atoms with van der Waals surface area (Å²) >= 11 is 0. The SMILES string of the molecule is COc1ccc(C(=O)NC(C)c2ccncc2)c(OC)c1. The van der Waals surface area contributed by atoms with Crippen molar-refractivity contribution < 1.29 is 14.3 Å². The molecule has 0 fully saturated rings. The molecule has 0 radical (unpaired) electrons. The fraction of sp³-hybridized carbons (Fsp3) is 0.250. The number of hydrogen-bond acceptors (Lipinski definition) is 4. The standard InChI is InChI=1S/C16H18N2O3/c1-11(12-6-8-17-9-7-12)18-16(19)14-5-4-13(20-2)10-15(14)21-3/h4-11H,1-3H3,(H,18,19). The highest BCUT2D eigenvalue weighted by Crippen LogP contribution is 2.25. The number of nitrogens with one attached hydrogen (secondary N) is 1. The Balaban J connectivity index is 2.17. The summed E-state index contributed by atoms with van der Waals surface area (Å²) in [7, 11) is 3.10. The molecule has 21 heavy (non-hydrogen) atoms. The maximum absolute atomic E-state index is 12.4. The number of aromatic nitrogens is 1.